The summed E-state index contributed by atoms with van der Waals surface area (Å²) < 4.78 is 15.3. The maximum Gasteiger partial charge on any atom is 0.274 e. The van der Waals surface area contributed by atoms with Crippen molar-refractivity contribution < 1.29 is 14.6 Å². The summed E-state index contributed by atoms with van der Waals surface area (Å²) in [4.78, 5) is 29.4. The number of allylic oxidation sites excluding steroid dienone is 2. The molecule has 8 rings (SSSR count). The third-order valence-electron chi connectivity index (χ3n) is 13.0. The molecule has 3 heterocycles. The van der Waals surface area contributed by atoms with Crippen molar-refractivity contribution in [2.75, 3.05) is 13.9 Å². The van der Waals surface area contributed by atoms with E-state index in [9.17, 15) is 14.7 Å². The molecule has 1 aromatic carbocycles. The number of hydrogen-bond donors (Lipinski definition) is 1. The molecule has 10 atom stereocenters. The molecule has 2 spiro atoms. The summed E-state index contributed by atoms with van der Waals surface area (Å²) in [5.74, 6) is 0.778. The third kappa shape index (κ3) is 3.15. The third-order valence-corrected chi connectivity index (χ3v) is 13.0. The summed E-state index contributed by atoms with van der Waals surface area (Å²) in [5.41, 5.74) is -1.70. The summed E-state index contributed by atoms with van der Waals surface area (Å²) >= 11 is 0. The molecule has 2 aliphatic heterocycles. The van der Waals surface area contributed by atoms with Crippen LogP contribution in [0.15, 0.2) is 58.7 Å². The van der Waals surface area contributed by atoms with Crippen LogP contribution in [-0.4, -0.2) is 40.6 Å². The van der Waals surface area contributed by atoms with Crippen LogP contribution in [0, 0.1) is 34.5 Å². The number of methoxy groups -OCH3 is 1. The summed E-state index contributed by atoms with van der Waals surface area (Å²) in [6, 6.07) is 7.33. The highest BCUT2D eigenvalue weighted by Crippen LogP contribution is 2.74. The Morgan fingerprint density at radius 1 is 1.02 bits per heavy atom. The van der Waals surface area contributed by atoms with Gasteiger partial charge in [-0.2, -0.15) is 0 Å². The predicted octanol–water partition coefficient (Wildman–Crippen LogP) is 4.94. The lowest BCUT2D eigenvalue weighted by Crippen LogP contribution is -2.78. The minimum atomic E-state index is -0.658. The molecule has 0 amide bonds. The number of fused-ring (bicyclic) bond motifs is 2. The van der Waals surface area contributed by atoms with Crippen molar-refractivity contribution in [2.45, 2.75) is 89.0 Å². The van der Waals surface area contributed by atoms with Gasteiger partial charge < -0.3 is 14.6 Å². The van der Waals surface area contributed by atoms with Gasteiger partial charge in [0.05, 0.1) is 34.1 Å². The fraction of sp³-hybridized carbons (Fsp3) is 0.647. The number of rotatable bonds is 6. The van der Waals surface area contributed by atoms with Crippen molar-refractivity contribution in [2.24, 2.45) is 34.5 Å². The second-order valence-electron chi connectivity index (χ2n) is 14.2. The second-order valence-corrected chi connectivity index (χ2v) is 14.2. The van der Waals surface area contributed by atoms with Gasteiger partial charge in [-0.3, -0.25) is 9.59 Å². The maximum absolute atomic E-state index is 14.7. The Morgan fingerprint density at radius 3 is 2.41 bits per heavy atom. The molecule has 220 valence electrons. The minimum absolute atomic E-state index is 0.0637. The maximum atomic E-state index is 14.7. The molecule has 4 aliphatic carbocycles. The number of nitrogens with zero attached hydrogens (tertiary/aromatic N) is 2. The normalized spacial score (nSPS) is 41.8. The molecule has 1 aromatic heterocycles. The number of ether oxygens (including phenoxy) is 2. The molecule has 0 saturated heterocycles. The first-order valence-electron chi connectivity index (χ1n) is 15.5. The zero-order valence-electron chi connectivity index (χ0n) is 24.8. The van der Waals surface area contributed by atoms with Crippen molar-refractivity contribution in [3.05, 3.63) is 69.8 Å². The van der Waals surface area contributed by atoms with Crippen LogP contribution >= 0.6 is 0 Å². The molecule has 1 N–H and O–H groups in total. The Hall–Kier alpha value is -2.48. The van der Waals surface area contributed by atoms with E-state index in [1.54, 1.807) is 19.3 Å². The first kappa shape index (κ1) is 27.4. The van der Waals surface area contributed by atoms with Gasteiger partial charge >= 0.3 is 0 Å². The minimum Gasteiger partial charge on any atom is -0.389 e. The smallest absolute Gasteiger partial charge is 0.274 e. The number of aliphatic hydroxyl groups is 1. The Balaban J connectivity index is 1.51. The van der Waals surface area contributed by atoms with Gasteiger partial charge in [-0.15, -0.1) is 6.58 Å². The zero-order chi connectivity index (χ0) is 28.9. The molecule has 4 unspecified atom stereocenters. The molecule has 7 nitrogen and oxygen atoms in total. The number of aromatic nitrogens is 2. The second kappa shape index (κ2) is 9.01. The van der Waals surface area contributed by atoms with Crippen LogP contribution in [0.4, 0.5) is 0 Å². The van der Waals surface area contributed by atoms with Gasteiger partial charge in [0.25, 0.3) is 11.1 Å². The van der Waals surface area contributed by atoms with E-state index in [0.717, 1.165) is 38.5 Å². The van der Waals surface area contributed by atoms with E-state index < -0.39 is 17.2 Å². The van der Waals surface area contributed by atoms with E-state index in [-0.39, 0.29) is 52.6 Å². The first-order chi connectivity index (χ1) is 19.6. The van der Waals surface area contributed by atoms with Gasteiger partial charge in [-0.1, -0.05) is 51.1 Å². The van der Waals surface area contributed by atoms with Crippen molar-refractivity contribution in [3.63, 3.8) is 0 Å². The van der Waals surface area contributed by atoms with Crippen molar-refractivity contribution in [1.82, 2.24) is 9.36 Å². The largest absolute Gasteiger partial charge is 0.389 e. The van der Waals surface area contributed by atoms with Crippen LogP contribution in [0.2, 0.25) is 0 Å². The molecule has 7 heteroatoms. The van der Waals surface area contributed by atoms with Gasteiger partial charge in [0, 0.05) is 18.9 Å². The van der Waals surface area contributed by atoms with Crippen LogP contribution in [-0.2, 0) is 20.6 Å². The fourth-order valence-electron chi connectivity index (χ4n) is 11.1. The highest BCUT2D eigenvalue weighted by atomic mass is 16.7. The molecule has 3 fully saturated rings. The fourth-order valence-corrected chi connectivity index (χ4v) is 11.1. The van der Waals surface area contributed by atoms with E-state index in [1.165, 1.54) is 0 Å². The van der Waals surface area contributed by atoms with Gasteiger partial charge in [-0.05, 0) is 79.7 Å². The van der Waals surface area contributed by atoms with Crippen molar-refractivity contribution in [1.29, 1.82) is 0 Å². The van der Waals surface area contributed by atoms with E-state index in [0.29, 0.717) is 23.1 Å². The standard InChI is InChI=1S/C34H44N2O5/c1-6-26(37)21(2)25-11-12-27-31(25,3)15-14-28-32(4)16-13-22(41-20-40-5)19-33(32)17-18-34(27,28)36-30(39)24-10-8-7-9-23(24)29(38)35(33)36/h6-10,17-18,21-22,25-28,37H,1,11-16,19-20H2,2-5H3/t21-,22?,25+,26?,27+,28+,31+,32+,33?,34?/m0/s1. The van der Waals surface area contributed by atoms with Crippen LogP contribution in [0.25, 0.3) is 10.8 Å². The topological polar surface area (TPSA) is 82.7 Å². The number of aliphatic hydroxyl groups excluding tert-OH is 1. The quantitative estimate of drug-likeness (QED) is 0.400. The molecule has 0 radical (unpaired) electrons. The summed E-state index contributed by atoms with van der Waals surface area (Å²) in [7, 11) is 1.63. The number of benzene rings is 1. The molecule has 2 bridgehead atoms. The van der Waals surface area contributed by atoms with Crippen LogP contribution < -0.4 is 11.1 Å². The lowest BCUT2D eigenvalue weighted by molar-refractivity contribution is -0.212. The Kier molecular flexibility index (Phi) is 6.01. The van der Waals surface area contributed by atoms with E-state index in [1.807, 2.05) is 27.6 Å². The lowest BCUT2D eigenvalue weighted by Gasteiger charge is -2.72. The summed E-state index contributed by atoms with van der Waals surface area (Å²) in [6.45, 7) is 11.0. The Labute approximate surface area is 241 Å². The SMILES string of the molecule is C=CC(O)[C@@H](C)[C@H]1CC[C@H]2C34C=CC5(CC(OCOC)CC[C@]5(C)[C@H]3CC[C@]12C)n1c(=O)c2ccccc2c(=O)n14. The number of hydrogen-bond acceptors (Lipinski definition) is 5. The zero-order valence-corrected chi connectivity index (χ0v) is 24.8. The summed E-state index contributed by atoms with van der Waals surface area (Å²) in [6.07, 6.45) is 12.2. The van der Waals surface area contributed by atoms with Gasteiger partial charge in [0.1, 0.15) is 6.79 Å². The molecule has 41 heavy (non-hydrogen) atoms. The van der Waals surface area contributed by atoms with E-state index in [2.05, 4.69) is 39.5 Å². The molecular formula is C34H44N2O5. The van der Waals surface area contributed by atoms with Crippen molar-refractivity contribution >= 4 is 10.8 Å². The average Bonchev–Trinajstić information content (AvgIpc) is 3.34. The summed E-state index contributed by atoms with van der Waals surface area (Å²) in [5, 5.41) is 11.8. The van der Waals surface area contributed by atoms with Crippen LogP contribution in [0.5, 0.6) is 0 Å². The van der Waals surface area contributed by atoms with Crippen molar-refractivity contribution in [3.8, 4) is 0 Å². The van der Waals surface area contributed by atoms with Crippen LogP contribution in [0.3, 0.4) is 0 Å². The highest BCUT2D eigenvalue weighted by Gasteiger charge is 2.74. The van der Waals surface area contributed by atoms with E-state index >= 15 is 0 Å². The highest BCUT2D eigenvalue weighted by molar-refractivity contribution is 5.80. The average molecular weight is 561 g/mol. The van der Waals surface area contributed by atoms with Gasteiger partial charge in [0.15, 0.2) is 0 Å². The first-order valence-corrected chi connectivity index (χ1v) is 15.5. The van der Waals surface area contributed by atoms with E-state index in [4.69, 9.17) is 9.47 Å². The lowest BCUT2D eigenvalue weighted by atomic mass is 9.40. The predicted molar refractivity (Wildman–Crippen MR) is 159 cm³/mol. The van der Waals surface area contributed by atoms with Gasteiger partial charge in [-0.25, -0.2) is 9.36 Å². The molecule has 2 aromatic rings. The molecular weight excluding hydrogens is 516 g/mol. The van der Waals surface area contributed by atoms with Crippen LogP contribution in [0.1, 0.15) is 65.7 Å². The Morgan fingerprint density at radius 2 is 1.73 bits per heavy atom. The van der Waals surface area contributed by atoms with Gasteiger partial charge in [0.2, 0.25) is 0 Å². The Bertz CT molecular complexity index is 1560. The molecule has 3 saturated carbocycles. The molecule has 6 aliphatic rings. The monoisotopic (exact) mass is 560 g/mol.